The van der Waals surface area contributed by atoms with Crippen molar-refractivity contribution >= 4 is 23.5 Å². The first-order valence-electron chi connectivity index (χ1n) is 9.08. The maximum absolute atomic E-state index is 14.6. The molecule has 150 valence electrons. The van der Waals surface area contributed by atoms with Crippen LogP contribution in [0.1, 0.15) is 40.4 Å². The summed E-state index contributed by atoms with van der Waals surface area (Å²) in [6, 6.07) is 5.18. The largest absolute Gasteiger partial charge is 0.309 e. The molecule has 2 aromatic heterocycles. The number of anilines is 1. The summed E-state index contributed by atoms with van der Waals surface area (Å²) in [7, 11) is 0. The van der Waals surface area contributed by atoms with Gasteiger partial charge in [0.25, 0.3) is 5.95 Å². The van der Waals surface area contributed by atoms with Crippen molar-refractivity contribution in [3.05, 3.63) is 64.1 Å². The van der Waals surface area contributed by atoms with E-state index in [-0.39, 0.29) is 11.5 Å². The molecule has 4 rings (SSSR count). The second-order valence-electron chi connectivity index (χ2n) is 7.02. The summed E-state index contributed by atoms with van der Waals surface area (Å²) in [5.41, 5.74) is 2.87. The first-order chi connectivity index (χ1) is 13.7. The topological polar surface area (TPSA) is 72.7 Å². The zero-order valence-corrected chi connectivity index (χ0v) is 17.1. The summed E-state index contributed by atoms with van der Waals surface area (Å²) < 4.78 is 30.0. The summed E-state index contributed by atoms with van der Waals surface area (Å²) in [6.07, 6.45) is 0. The molecule has 0 saturated carbocycles. The molecule has 9 heteroatoms. The minimum Gasteiger partial charge on any atom is -0.309 e. The smallest absolute Gasteiger partial charge is 0.252 e. The molecule has 6 nitrogen and oxygen atoms in total. The predicted molar refractivity (Wildman–Crippen MR) is 107 cm³/mol. The van der Waals surface area contributed by atoms with Crippen LogP contribution in [0.4, 0.5) is 14.6 Å². The number of hydrogen-bond acceptors (Lipinski definition) is 5. The van der Waals surface area contributed by atoms with Crippen molar-refractivity contribution in [1.29, 1.82) is 0 Å². The molecule has 2 atom stereocenters. The molecule has 2 unspecified atom stereocenters. The highest BCUT2D eigenvalue weighted by Gasteiger charge is 2.35. The van der Waals surface area contributed by atoms with Crippen LogP contribution in [0.3, 0.4) is 0 Å². The molecule has 3 aromatic rings. The van der Waals surface area contributed by atoms with Gasteiger partial charge in [-0.15, -0.1) is 11.8 Å². The Labute approximate surface area is 170 Å². The number of aromatic nitrogens is 4. The molecule has 29 heavy (non-hydrogen) atoms. The third-order valence-corrected chi connectivity index (χ3v) is 6.10. The Morgan fingerprint density at radius 2 is 1.79 bits per heavy atom. The number of amides is 1. The average molecular weight is 415 g/mol. The molecule has 1 aliphatic heterocycles. The Hall–Kier alpha value is -2.81. The van der Waals surface area contributed by atoms with Crippen LogP contribution < -0.4 is 5.32 Å². The van der Waals surface area contributed by atoms with E-state index in [0.717, 1.165) is 23.5 Å². The summed E-state index contributed by atoms with van der Waals surface area (Å²) in [6.45, 7) is 7.19. The van der Waals surface area contributed by atoms with Gasteiger partial charge in [-0.2, -0.15) is 9.78 Å². The van der Waals surface area contributed by atoms with Crippen molar-refractivity contribution in [2.45, 2.75) is 38.2 Å². The number of rotatable bonds is 2. The Morgan fingerprint density at radius 3 is 2.48 bits per heavy atom. The fourth-order valence-corrected chi connectivity index (χ4v) is 4.75. The fourth-order valence-electron chi connectivity index (χ4n) is 3.42. The van der Waals surface area contributed by atoms with Gasteiger partial charge in [-0.1, -0.05) is 0 Å². The van der Waals surface area contributed by atoms with Crippen LogP contribution in [0, 0.1) is 32.4 Å². The van der Waals surface area contributed by atoms with Gasteiger partial charge in [-0.05, 0) is 52.0 Å². The van der Waals surface area contributed by atoms with Crippen molar-refractivity contribution < 1.29 is 13.6 Å². The molecule has 1 N–H and O–H groups in total. The minimum atomic E-state index is -0.616. The van der Waals surface area contributed by atoms with Gasteiger partial charge in [0.2, 0.25) is 5.91 Å². The highest BCUT2D eigenvalue weighted by Crippen LogP contribution is 2.46. The van der Waals surface area contributed by atoms with Crippen LogP contribution >= 0.6 is 11.8 Å². The van der Waals surface area contributed by atoms with Crippen molar-refractivity contribution in [2.75, 3.05) is 5.32 Å². The zero-order chi connectivity index (χ0) is 20.9. The summed E-state index contributed by atoms with van der Waals surface area (Å²) in [5, 5.41) is 6.30. The number of carbonyl (C=O) groups is 1. The number of fused-ring (bicyclic) bond motifs is 1. The predicted octanol–water partition coefficient (Wildman–Crippen LogP) is 4.03. The van der Waals surface area contributed by atoms with Crippen LogP contribution in [0.5, 0.6) is 0 Å². The number of hydrogen-bond donors (Lipinski definition) is 1. The van der Waals surface area contributed by atoms with E-state index >= 15 is 0 Å². The van der Waals surface area contributed by atoms with E-state index < -0.39 is 22.1 Å². The molecule has 1 amide bonds. The van der Waals surface area contributed by atoms with Crippen molar-refractivity contribution in [3.63, 3.8) is 0 Å². The van der Waals surface area contributed by atoms with Crippen LogP contribution in [-0.2, 0) is 4.79 Å². The van der Waals surface area contributed by atoms with E-state index in [1.165, 1.54) is 22.5 Å². The highest BCUT2D eigenvalue weighted by atomic mass is 32.2. The molecule has 1 aliphatic rings. The van der Waals surface area contributed by atoms with Gasteiger partial charge < -0.3 is 5.32 Å². The van der Waals surface area contributed by atoms with Gasteiger partial charge in [0, 0.05) is 22.5 Å². The molecule has 0 saturated heterocycles. The first kappa shape index (κ1) is 19.5. The lowest BCUT2D eigenvalue weighted by Gasteiger charge is -2.18. The maximum atomic E-state index is 14.6. The first-order valence-corrected chi connectivity index (χ1v) is 10.0. The van der Waals surface area contributed by atoms with Gasteiger partial charge in [0.15, 0.2) is 0 Å². The molecule has 0 fully saturated rings. The van der Waals surface area contributed by atoms with E-state index in [1.807, 2.05) is 19.9 Å². The molecule has 0 radical (unpaired) electrons. The summed E-state index contributed by atoms with van der Waals surface area (Å²) >= 11 is 1.25. The fraction of sp³-hybridized carbons (Fsp3) is 0.300. The number of nitrogens with zero attached hydrogens (tertiary/aromatic N) is 4. The maximum Gasteiger partial charge on any atom is 0.252 e. The van der Waals surface area contributed by atoms with Crippen LogP contribution in [0.15, 0.2) is 24.3 Å². The third-order valence-electron chi connectivity index (χ3n) is 4.72. The number of benzene rings is 1. The Morgan fingerprint density at radius 1 is 1.10 bits per heavy atom. The van der Waals surface area contributed by atoms with Gasteiger partial charge >= 0.3 is 0 Å². The molecular formula is C20H19F2N5OS. The van der Waals surface area contributed by atoms with E-state index in [1.54, 1.807) is 13.8 Å². The lowest BCUT2D eigenvalue weighted by molar-refractivity contribution is -0.115. The highest BCUT2D eigenvalue weighted by molar-refractivity contribution is 8.01. The van der Waals surface area contributed by atoms with Crippen molar-refractivity contribution in [3.8, 4) is 5.95 Å². The third kappa shape index (κ3) is 3.50. The number of aryl methyl sites for hydroxylation is 3. The van der Waals surface area contributed by atoms with Crippen molar-refractivity contribution in [1.82, 2.24) is 19.7 Å². The quantitative estimate of drug-likeness (QED) is 0.684. The van der Waals surface area contributed by atoms with Gasteiger partial charge in [0.05, 0.1) is 16.2 Å². The van der Waals surface area contributed by atoms with E-state index in [9.17, 15) is 13.6 Å². The second-order valence-corrected chi connectivity index (χ2v) is 8.47. The molecule has 3 heterocycles. The molecular weight excluding hydrogens is 396 g/mol. The summed E-state index contributed by atoms with van der Waals surface area (Å²) in [5.74, 6) is -0.636. The Bertz CT molecular complexity index is 1110. The standard InChI is InChI=1S/C20H19F2N5OS/c1-9-7-10(2)24-20(23-9)27-18-16(11(3)26-27)17(29-12(4)19(28)25-18)14-8-13(21)5-6-15(14)22/h5-8,12,17H,1-4H3,(H,25,28). The number of halogens is 2. The molecule has 1 aromatic carbocycles. The lowest BCUT2D eigenvalue weighted by Crippen LogP contribution is -2.23. The number of carbonyl (C=O) groups excluding carboxylic acids is 1. The van der Waals surface area contributed by atoms with E-state index in [2.05, 4.69) is 20.4 Å². The Balaban J connectivity index is 1.96. The van der Waals surface area contributed by atoms with Crippen LogP contribution in [0.2, 0.25) is 0 Å². The SMILES string of the molecule is Cc1cc(C)nc(-n2nc(C)c3c2NC(=O)C(C)SC3c2cc(F)ccc2F)n1. The molecule has 0 bridgehead atoms. The van der Waals surface area contributed by atoms with E-state index in [0.29, 0.717) is 23.0 Å². The van der Waals surface area contributed by atoms with Crippen molar-refractivity contribution in [2.24, 2.45) is 0 Å². The van der Waals surface area contributed by atoms with Gasteiger partial charge in [-0.3, -0.25) is 4.79 Å². The van der Waals surface area contributed by atoms with Crippen LogP contribution in [0.25, 0.3) is 5.95 Å². The Kier molecular flexibility index (Phi) is 4.85. The van der Waals surface area contributed by atoms with Gasteiger partial charge in [-0.25, -0.2) is 18.7 Å². The lowest BCUT2D eigenvalue weighted by atomic mass is 10.0. The second kappa shape index (κ2) is 7.22. The van der Waals surface area contributed by atoms with Crippen LogP contribution in [-0.4, -0.2) is 30.9 Å². The molecule has 0 spiro atoms. The summed E-state index contributed by atoms with van der Waals surface area (Å²) in [4.78, 5) is 21.5. The van der Waals surface area contributed by atoms with Gasteiger partial charge in [0.1, 0.15) is 17.5 Å². The monoisotopic (exact) mass is 415 g/mol. The molecule has 0 aliphatic carbocycles. The minimum absolute atomic E-state index is 0.170. The average Bonchev–Trinajstić information content (AvgIpc) is 2.89. The zero-order valence-electron chi connectivity index (χ0n) is 16.3. The number of nitrogens with one attached hydrogen (secondary N) is 1. The normalized spacial score (nSPS) is 18.9. The number of thioether (sulfide) groups is 1. The van der Waals surface area contributed by atoms with E-state index in [4.69, 9.17) is 0 Å².